The van der Waals surface area contributed by atoms with E-state index < -0.39 is 24.0 Å². The Morgan fingerprint density at radius 2 is 1.24 bits per heavy atom. The summed E-state index contributed by atoms with van der Waals surface area (Å²) in [5, 5.41) is 18.7. The molecule has 2 unspecified atom stereocenters. The van der Waals surface area contributed by atoms with Gasteiger partial charge in [0.15, 0.2) is 0 Å². The van der Waals surface area contributed by atoms with Gasteiger partial charge in [0, 0.05) is 21.1 Å². The standard InChI is InChI=1S/C26H26N8O5S2/c1-15-19(21(17-5-3-11-40-17)33-25(31-15)27-13-29-33)23(35)38-9-7-37-8-10-39-24(36)20-16(2)32-26-28-14-30-34(26)22(20)18-6-4-12-41-18/h3-6,11-14,21-22H,7-10H2,1-2H3,(H,27,29,31)(H,28,30,32). The fraction of sp³-hybridized carbons (Fsp3) is 0.308. The number of carbonyl (C=O) groups excluding carboxylic acids is 2. The second-order valence-corrected chi connectivity index (χ2v) is 11.1. The van der Waals surface area contributed by atoms with E-state index in [2.05, 4.69) is 30.8 Å². The zero-order valence-electron chi connectivity index (χ0n) is 22.1. The van der Waals surface area contributed by atoms with Crippen LogP contribution in [0.3, 0.4) is 0 Å². The van der Waals surface area contributed by atoms with Crippen LogP contribution in [0.15, 0.2) is 70.2 Å². The number of nitrogens with one attached hydrogen (secondary N) is 2. The van der Waals surface area contributed by atoms with Gasteiger partial charge in [0.25, 0.3) is 0 Å². The van der Waals surface area contributed by atoms with E-state index in [0.717, 1.165) is 9.75 Å². The molecule has 0 saturated heterocycles. The number of hydrogen-bond donors (Lipinski definition) is 2. The first-order valence-corrected chi connectivity index (χ1v) is 14.5. The van der Waals surface area contributed by atoms with Crippen molar-refractivity contribution in [1.29, 1.82) is 0 Å². The molecule has 41 heavy (non-hydrogen) atoms. The van der Waals surface area contributed by atoms with Gasteiger partial charge >= 0.3 is 11.9 Å². The van der Waals surface area contributed by atoms with Crippen LogP contribution >= 0.6 is 22.7 Å². The molecule has 4 aromatic rings. The monoisotopic (exact) mass is 594 g/mol. The Labute approximate surface area is 242 Å². The highest BCUT2D eigenvalue weighted by atomic mass is 32.1. The van der Waals surface area contributed by atoms with E-state index in [4.69, 9.17) is 14.2 Å². The topological polar surface area (TPSA) is 147 Å². The molecule has 13 nitrogen and oxygen atoms in total. The van der Waals surface area contributed by atoms with Crippen molar-refractivity contribution in [2.75, 3.05) is 37.1 Å². The summed E-state index contributed by atoms with van der Waals surface area (Å²) in [6.45, 7) is 3.98. The summed E-state index contributed by atoms with van der Waals surface area (Å²) in [5.74, 6) is 0.190. The maximum atomic E-state index is 13.1. The van der Waals surface area contributed by atoms with Crippen LogP contribution in [0.1, 0.15) is 35.7 Å². The number of anilines is 2. The predicted molar refractivity (Wildman–Crippen MR) is 150 cm³/mol. The van der Waals surface area contributed by atoms with Gasteiger partial charge in [0.2, 0.25) is 11.9 Å². The zero-order valence-corrected chi connectivity index (χ0v) is 23.8. The van der Waals surface area contributed by atoms with Gasteiger partial charge in [0.1, 0.15) is 38.0 Å². The SMILES string of the molecule is CC1=C(C(=O)OCCOCCOC(=O)C2=C(C)Nc3ncnn3C2c2cccs2)C(c2cccs2)n2ncnc2N1. The molecule has 0 amide bonds. The maximum Gasteiger partial charge on any atom is 0.338 e. The van der Waals surface area contributed by atoms with Crippen molar-refractivity contribution in [2.45, 2.75) is 25.9 Å². The second kappa shape index (κ2) is 11.6. The first kappa shape index (κ1) is 26.9. The third-order valence-electron chi connectivity index (χ3n) is 6.58. The molecule has 0 aromatic carbocycles. The van der Waals surface area contributed by atoms with Gasteiger partial charge in [-0.05, 0) is 36.7 Å². The molecule has 15 heteroatoms. The van der Waals surface area contributed by atoms with E-state index >= 15 is 0 Å². The minimum Gasteiger partial charge on any atom is -0.460 e. The van der Waals surface area contributed by atoms with Crippen LogP contribution in [0, 0.1) is 0 Å². The first-order valence-electron chi connectivity index (χ1n) is 12.8. The van der Waals surface area contributed by atoms with Gasteiger partial charge in [-0.3, -0.25) is 0 Å². The summed E-state index contributed by atoms with van der Waals surface area (Å²) in [4.78, 5) is 36.6. The lowest BCUT2D eigenvalue weighted by Gasteiger charge is -2.27. The number of allylic oxidation sites excluding steroid dienone is 2. The molecule has 2 N–H and O–H groups in total. The Kier molecular flexibility index (Phi) is 7.63. The summed E-state index contributed by atoms with van der Waals surface area (Å²) in [6, 6.07) is 6.89. The van der Waals surface area contributed by atoms with Gasteiger partial charge < -0.3 is 24.8 Å². The van der Waals surface area contributed by atoms with Crippen molar-refractivity contribution in [2.24, 2.45) is 0 Å². The average molecular weight is 595 g/mol. The number of thiophene rings is 2. The summed E-state index contributed by atoms with van der Waals surface area (Å²) < 4.78 is 20.0. The zero-order chi connectivity index (χ0) is 28.3. The Bertz CT molecular complexity index is 1490. The highest BCUT2D eigenvalue weighted by Gasteiger charge is 2.36. The third kappa shape index (κ3) is 5.26. The van der Waals surface area contributed by atoms with E-state index in [1.165, 1.54) is 35.3 Å². The lowest BCUT2D eigenvalue weighted by atomic mass is 10.0. The Hall–Kier alpha value is -4.34. The molecule has 6 heterocycles. The number of ether oxygens (including phenoxy) is 3. The van der Waals surface area contributed by atoms with Crippen molar-refractivity contribution in [3.63, 3.8) is 0 Å². The van der Waals surface area contributed by atoms with Gasteiger partial charge in [-0.25, -0.2) is 19.0 Å². The van der Waals surface area contributed by atoms with Crippen LogP contribution in [-0.4, -0.2) is 67.9 Å². The maximum absolute atomic E-state index is 13.1. The smallest absolute Gasteiger partial charge is 0.338 e. The molecule has 0 saturated carbocycles. The molecular weight excluding hydrogens is 568 g/mol. The van der Waals surface area contributed by atoms with E-state index in [9.17, 15) is 9.59 Å². The molecule has 0 fully saturated rings. The van der Waals surface area contributed by atoms with Crippen molar-refractivity contribution in [3.05, 3.63) is 80.0 Å². The summed E-state index contributed by atoms with van der Waals surface area (Å²) >= 11 is 3.05. The minimum absolute atomic E-state index is 0.0364. The lowest BCUT2D eigenvalue weighted by molar-refractivity contribution is -0.142. The molecule has 0 aliphatic carbocycles. The van der Waals surface area contributed by atoms with Gasteiger partial charge in [-0.1, -0.05) is 12.1 Å². The Balaban J connectivity index is 0.998. The molecular formula is C26H26N8O5S2. The van der Waals surface area contributed by atoms with Crippen LogP contribution in [0.2, 0.25) is 0 Å². The predicted octanol–water partition coefficient (Wildman–Crippen LogP) is 3.37. The van der Waals surface area contributed by atoms with Gasteiger partial charge in [-0.15, -0.1) is 22.7 Å². The summed E-state index contributed by atoms with van der Waals surface area (Å²) in [5.41, 5.74) is 2.23. The quantitative estimate of drug-likeness (QED) is 0.206. The number of nitrogens with zero attached hydrogens (tertiary/aromatic N) is 6. The highest BCUT2D eigenvalue weighted by Crippen LogP contribution is 2.38. The number of hydrogen-bond acceptors (Lipinski definition) is 13. The number of rotatable bonds is 10. The lowest BCUT2D eigenvalue weighted by Crippen LogP contribution is -2.30. The van der Waals surface area contributed by atoms with Gasteiger partial charge in [-0.2, -0.15) is 20.2 Å². The molecule has 4 aromatic heterocycles. The van der Waals surface area contributed by atoms with Crippen LogP contribution in [0.25, 0.3) is 0 Å². The average Bonchev–Trinajstić information content (AvgIpc) is 3.78. The molecule has 2 atom stereocenters. The largest absolute Gasteiger partial charge is 0.460 e. The second-order valence-electron chi connectivity index (χ2n) is 9.10. The molecule has 0 bridgehead atoms. The van der Waals surface area contributed by atoms with E-state index in [-0.39, 0.29) is 26.4 Å². The Morgan fingerprint density at radius 1 is 0.780 bits per heavy atom. The van der Waals surface area contributed by atoms with Crippen LogP contribution in [0.5, 0.6) is 0 Å². The number of fused-ring (bicyclic) bond motifs is 2. The van der Waals surface area contributed by atoms with Crippen LogP contribution < -0.4 is 10.6 Å². The van der Waals surface area contributed by atoms with E-state index in [0.29, 0.717) is 34.4 Å². The first-order chi connectivity index (χ1) is 20.0. The van der Waals surface area contributed by atoms with Crippen LogP contribution in [-0.2, 0) is 23.8 Å². The highest BCUT2D eigenvalue weighted by molar-refractivity contribution is 7.10. The molecule has 2 aliphatic heterocycles. The number of aromatic nitrogens is 6. The molecule has 212 valence electrons. The number of carbonyl (C=O) groups is 2. The molecule has 2 aliphatic rings. The molecule has 0 radical (unpaired) electrons. The molecule has 6 rings (SSSR count). The summed E-state index contributed by atoms with van der Waals surface area (Å²) in [7, 11) is 0. The van der Waals surface area contributed by atoms with E-state index in [1.54, 1.807) is 9.36 Å². The van der Waals surface area contributed by atoms with E-state index in [1.807, 2.05) is 48.9 Å². The number of esters is 2. The fourth-order valence-corrected chi connectivity index (χ4v) is 6.41. The van der Waals surface area contributed by atoms with Crippen molar-refractivity contribution >= 4 is 46.5 Å². The fourth-order valence-electron chi connectivity index (χ4n) is 4.77. The van der Waals surface area contributed by atoms with Crippen molar-refractivity contribution < 1.29 is 23.8 Å². The normalized spacial score (nSPS) is 17.9. The van der Waals surface area contributed by atoms with Crippen LogP contribution in [0.4, 0.5) is 11.9 Å². The van der Waals surface area contributed by atoms with Crippen molar-refractivity contribution in [1.82, 2.24) is 29.5 Å². The summed E-state index contributed by atoms with van der Waals surface area (Å²) in [6.07, 6.45) is 2.89. The molecule has 0 spiro atoms. The van der Waals surface area contributed by atoms with Crippen molar-refractivity contribution in [3.8, 4) is 0 Å². The van der Waals surface area contributed by atoms with Gasteiger partial charge in [0.05, 0.1) is 24.4 Å². The third-order valence-corrected chi connectivity index (χ3v) is 8.43. The minimum atomic E-state index is -0.469. The Morgan fingerprint density at radius 3 is 1.66 bits per heavy atom.